The minimum absolute atomic E-state index is 0.140. The van der Waals surface area contributed by atoms with Gasteiger partial charge < -0.3 is 14.4 Å². The molecule has 0 N–H and O–H groups in total. The summed E-state index contributed by atoms with van der Waals surface area (Å²) in [6.45, 7) is 5.29. The predicted molar refractivity (Wildman–Crippen MR) is 158 cm³/mol. The maximum Gasteiger partial charge on any atom is 0.222 e. The molecule has 40 heavy (non-hydrogen) atoms. The van der Waals surface area contributed by atoms with Gasteiger partial charge in [0.1, 0.15) is 11.3 Å². The van der Waals surface area contributed by atoms with E-state index in [0.29, 0.717) is 50.0 Å². The van der Waals surface area contributed by atoms with Crippen LogP contribution in [0.4, 0.5) is 10.1 Å². The smallest absolute Gasteiger partial charge is 0.222 e. The van der Waals surface area contributed by atoms with Crippen LogP contribution in [-0.4, -0.2) is 62.5 Å². The molecule has 204 valence electrons. The molecule has 0 spiro atoms. The number of hydrogen-bond donors (Lipinski definition) is 0. The Hall–Kier alpha value is -3.98. The van der Waals surface area contributed by atoms with Crippen LogP contribution in [0.3, 0.4) is 0 Å². The molecule has 1 fully saturated rings. The quantitative estimate of drug-likeness (QED) is 0.181. The van der Waals surface area contributed by atoms with E-state index in [-0.39, 0.29) is 11.7 Å². The fourth-order valence-corrected chi connectivity index (χ4v) is 6.07. The van der Waals surface area contributed by atoms with Crippen molar-refractivity contribution in [2.24, 2.45) is 0 Å². The highest BCUT2D eigenvalue weighted by atomic mass is 32.2. The number of amides is 1. The van der Waals surface area contributed by atoms with E-state index in [4.69, 9.17) is 4.98 Å². The number of fused-ring (bicyclic) bond motifs is 3. The normalized spacial score (nSPS) is 13.8. The fraction of sp³-hybridized carbons (Fsp3) is 0.290. The summed E-state index contributed by atoms with van der Waals surface area (Å²) in [7, 11) is 0. The van der Waals surface area contributed by atoms with Gasteiger partial charge in [-0.05, 0) is 37.1 Å². The van der Waals surface area contributed by atoms with Crippen LogP contribution < -0.4 is 4.90 Å². The van der Waals surface area contributed by atoms with Crippen LogP contribution in [0.2, 0.25) is 0 Å². The molecule has 6 rings (SSSR count). The maximum atomic E-state index is 14.1. The Kier molecular flexibility index (Phi) is 7.64. The van der Waals surface area contributed by atoms with Crippen LogP contribution in [0.25, 0.3) is 22.1 Å². The van der Waals surface area contributed by atoms with Crippen LogP contribution >= 0.6 is 11.8 Å². The van der Waals surface area contributed by atoms with Crippen molar-refractivity contribution >= 4 is 45.4 Å². The van der Waals surface area contributed by atoms with Gasteiger partial charge in [0.25, 0.3) is 0 Å². The zero-order valence-electron chi connectivity index (χ0n) is 22.5. The Morgan fingerprint density at radius 3 is 2.58 bits per heavy atom. The second-order valence-electron chi connectivity index (χ2n) is 10.1. The Labute approximate surface area is 237 Å². The van der Waals surface area contributed by atoms with Gasteiger partial charge in [0, 0.05) is 50.3 Å². The Morgan fingerprint density at radius 2 is 1.75 bits per heavy atom. The van der Waals surface area contributed by atoms with Crippen molar-refractivity contribution < 1.29 is 9.18 Å². The molecule has 0 unspecified atom stereocenters. The summed E-state index contributed by atoms with van der Waals surface area (Å²) in [4.78, 5) is 21.6. The molecule has 1 aliphatic rings. The van der Waals surface area contributed by atoms with E-state index in [1.165, 1.54) is 29.0 Å². The van der Waals surface area contributed by atoms with Gasteiger partial charge in [-0.1, -0.05) is 71.9 Å². The van der Waals surface area contributed by atoms with Gasteiger partial charge >= 0.3 is 0 Å². The third-order valence-electron chi connectivity index (χ3n) is 7.37. The largest absolute Gasteiger partial charge is 0.366 e. The summed E-state index contributed by atoms with van der Waals surface area (Å²) in [6, 6.07) is 23.5. The zero-order chi connectivity index (χ0) is 27.5. The van der Waals surface area contributed by atoms with Crippen molar-refractivity contribution in [1.29, 1.82) is 0 Å². The second kappa shape index (κ2) is 11.6. The number of aromatic nitrogens is 4. The SMILES string of the molecule is Cc1cccc(Cn2c3ccccc3c3nnc(SCCCC(=O)N4CCN(c5ccccc5F)CC4)nc32)c1. The van der Waals surface area contributed by atoms with Crippen LogP contribution in [0.1, 0.15) is 24.0 Å². The molecule has 3 heterocycles. The fourth-order valence-electron chi connectivity index (χ4n) is 5.35. The van der Waals surface area contributed by atoms with Gasteiger partial charge in [-0.25, -0.2) is 9.37 Å². The van der Waals surface area contributed by atoms with Gasteiger partial charge in [-0.15, -0.1) is 10.2 Å². The van der Waals surface area contributed by atoms with Crippen LogP contribution in [-0.2, 0) is 11.3 Å². The number of rotatable bonds is 8. The molecule has 0 radical (unpaired) electrons. The van der Waals surface area contributed by atoms with Crippen LogP contribution in [0.15, 0.2) is 78.0 Å². The number of halogens is 1. The van der Waals surface area contributed by atoms with Crippen molar-refractivity contribution in [2.45, 2.75) is 31.5 Å². The van der Waals surface area contributed by atoms with Crippen molar-refractivity contribution in [3.05, 3.63) is 89.7 Å². The van der Waals surface area contributed by atoms with Gasteiger partial charge in [0.15, 0.2) is 5.65 Å². The van der Waals surface area contributed by atoms with Crippen LogP contribution in [0, 0.1) is 12.7 Å². The number of anilines is 1. The molecule has 0 bridgehead atoms. The summed E-state index contributed by atoms with van der Waals surface area (Å²) < 4.78 is 16.3. The van der Waals surface area contributed by atoms with Crippen molar-refractivity contribution in [3.8, 4) is 0 Å². The average Bonchev–Trinajstić information content (AvgIpc) is 3.28. The van der Waals surface area contributed by atoms with Crippen molar-refractivity contribution in [3.63, 3.8) is 0 Å². The molecule has 2 aromatic heterocycles. The maximum absolute atomic E-state index is 14.1. The number of para-hydroxylation sites is 2. The minimum Gasteiger partial charge on any atom is -0.366 e. The minimum atomic E-state index is -0.218. The number of carbonyl (C=O) groups is 1. The molecule has 9 heteroatoms. The lowest BCUT2D eigenvalue weighted by atomic mass is 10.1. The van der Waals surface area contributed by atoms with E-state index in [1.807, 2.05) is 28.0 Å². The first kappa shape index (κ1) is 26.3. The van der Waals surface area contributed by atoms with Crippen molar-refractivity contribution in [2.75, 3.05) is 36.8 Å². The lowest BCUT2D eigenvalue weighted by Gasteiger charge is -2.36. The highest BCUT2D eigenvalue weighted by molar-refractivity contribution is 7.99. The van der Waals surface area contributed by atoms with Gasteiger partial charge in [0.2, 0.25) is 11.1 Å². The number of piperazine rings is 1. The molecule has 3 aromatic carbocycles. The standard InChI is InChI=1S/C31H31FN6OS/c1-22-8-6-9-23(20-22)21-38-26-12-4-2-10-24(26)29-30(38)33-31(35-34-29)40-19-7-14-28(39)37-17-15-36(16-18-37)27-13-5-3-11-25(27)32/h2-6,8-13,20H,7,14-19,21H2,1H3. The van der Waals surface area contributed by atoms with Gasteiger partial charge in [-0.3, -0.25) is 4.79 Å². The lowest BCUT2D eigenvalue weighted by Crippen LogP contribution is -2.49. The highest BCUT2D eigenvalue weighted by Crippen LogP contribution is 2.28. The lowest BCUT2D eigenvalue weighted by molar-refractivity contribution is -0.131. The molecule has 1 aliphatic heterocycles. The molecule has 0 atom stereocenters. The highest BCUT2D eigenvalue weighted by Gasteiger charge is 2.22. The molecule has 5 aromatic rings. The Morgan fingerprint density at radius 1 is 0.950 bits per heavy atom. The average molecular weight is 555 g/mol. The second-order valence-corrected chi connectivity index (χ2v) is 11.2. The topological polar surface area (TPSA) is 67.2 Å². The third-order valence-corrected chi connectivity index (χ3v) is 8.29. The monoisotopic (exact) mass is 554 g/mol. The Balaban J connectivity index is 1.07. The summed E-state index contributed by atoms with van der Waals surface area (Å²) >= 11 is 1.53. The number of thioether (sulfide) groups is 1. The van der Waals surface area contributed by atoms with E-state index >= 15 is 0 Å². The van der Waals surface area contributed by atoms with Gasteiger partial charge in [0.05, 0.1) is 11.2 Å². The molecule has 0 aliphatic carbocycles. The summed E-state index contributed by atoms with van der Waals surface area (Å²) in [6.07, 6.45) is 1.20. The molecule has 1 saturated heterocycles. The van der Waals surface area contributed by atoms with Crippen molar-refractivity contribution in [1.82, 2.24) is 24.6 Å². The molecule has 0 saturated carbocycles. The summed E-state index contributed by atoms with van der Waals surface area (Å²) in [5.41, 5.74) is 5.76. The van der Waals surface area contributed by atoms with E-state index in [2.05, 4.69) is 58.1 Å². The molecular weight excluding hydrogens is 523 g/mol. The predicted octanol–water partition coefficient (Wildman–Crippen LogP) is 5.70. The van der Waals surface area contributed by atoms with Gasteiger partial charge in [-0.2, -0.15) is 0 Å². The molecular formula is C31H31FN6OS. The first-order valence-electron chi connectivity index (χ1n) is 13.6. The van der Waals surface area contributed by atoms with Crippen LogP contribution in [0.5, 0.6) is 0 Å². The van der Waals surface area contributed by atoms with E-state index in [1.54, 1.807) is 12.1 Å². The summed E-state index contributed by atoms with van der Waals surface area (Å²) in [5, 5.41) is 10.6. The number of nitrogens with zero attached hydrogens (tertiary/aromatic N) is 6. The molecule has 1 amide bonds. The number of carbonyl (C=O) groups excluding carboxylic acids is 1. The number of hydrogen-bond acceptors (Lipinski definition) is 6. The summed E-state index contributed by atoms with van der Waals surface area (Å²) in [5.74, 6) is 0.651. The Bertz CT molecular complexity index is 1660. The van der Waals surface area contributed by atoms with E-state index in [9.17, 15) is 9.18 Å². The molecule has 7 nitrogen and oxygen atoms in total. The first-order valence-corrected chi connectivity index (χ1v) is 14.6. The third kappa shape index (κ3) is 5.51. The van der Waals surface area contributed by atoms with E-state index < -0.39 is 0 Å². The number of benzene rings is 3. The van der Waals surface area contributed by atoms with E-state index in [0.717, 1.165) is 34.2 Å². The number of aryl methyl sites for hydroxylation is 1. The zero-order valence-corrected chi connectivity index (χ0v) is 23.3. The first-order chi connectivity index (χ1) is 19.6.